The first-order valence-corrected chi connectivity index (χ1v) is 8.31. The number of nitrogens with zero attached hydrogens (tertiary/aromatic N) is 1. The average molecular weight is 340 g/mol. The quantitative estimate of drug-likeness (QED) is 0.632. The van der Waals surface area contributed by atoms with Crippen LogP contribution in [0, 0.1) is 0 Å². The van der Waals surface area contributed by atoms with Crippen LogP contribution in [0.3, 0.4) is 0 Å². The number of alkyl halides is 3. The van der Waals surface area contributed by atoms with Crippen LogP contribution in [0.25, 0.3) is 6.08 Å². The summed E-state index contributed by atoms with van der Waals surface area (Å²) in [6.07, 6.45) is 3.24. The molecule has 0 radical (unpaired) electrons. The van der Waals surface area contributed by atoms with Crippen LogP contribution < -0.4 is 5.32 Å². The van der Waals surface area contributed by atoms with Gasteiger partial charge in [0.2, 0.25) is 5.91 Å². The highest BCUT2D eigenvalue weighted by Gasteiger charge is 2.29. The van der Waals surface area contributed by atoms with E-state index in [0.29, 0.717) is 12.1 Å². The van der Waals surface area contributed by atoms with Crippen molar-refractivity contribution in [2.24, 2.45) is 0 Å². The number of rotatable bonds is 6. The third kappa shape index (κ3) is 6.35. The highest BCUT2D eigenvalue weighted by atomic mass is 19.4. The molecule has 132 valence electrons. The minimum atomic E-state index is -4.34. The van der Waals surface area contributed by atoms with Gasteiger partial charge in [0, 0.05) is 12.6 Å². The lowest BCUT2D eigenvalue weighted by molar-refractivity contribution is -0.137. The average Bonchev–Trinajstić information content (AvgIpc) is 2.57. The summed E-state index contributed by atoms with van der Waals surface area (Å²) in [5, 5.41) is 2.80. The molecule has 1 saturated heterocycles. The Balaban J connectivity index is 1.68. The van der Waals surface area contributed by atoms with Crippen LogP contribution in [0.2, 0.25) is 0 Å². The minimum absolute atomic E-state index is 0.228. The number of piperidine rings is 1. The van der Waals surface area contributed by atoms with Gasteiger partial charge in [-0.1, -0.05) is 18.6 Å². The third-order valence-corrected chi connectivity index (χ3v) is 4.06. The first-order chi connectivity index (χ1) is 11.4. The van der Waals surface area contributed by atoms with E-state index in [1.165, 1.54) is 43.5 Å². The van der Waals surface area contributed by atoms with Gasteiger partial charge in [0.1, 0.15) is 0 Å². The molecular formula is C18H23F3N2O. The number of nitrogens with one attached hydrogen (secondary N) is 1. The van der Waals surface area contributed by atoms with Crippen LogP contribution >= 0.6 is 0 Å². The maximum atomic E-state index is 12.5. The van der Waals surface area contributed by atoms with Gasteiger partial charge in [0.05, 0.1) is 5.56 Å². The van der Waals surface area contributed by atoms with Crippen molar-refractivity contribution in [3.63, 3.8) is 0 Å². The Kier molecular flexibility index (Phi) is 6.85. The third-order valence-electron chi connectivity index (χ3n) is 4.06. The Hall–Kier alpha value is -1.82. The maximum Gasteiger partial charge on any atom is 0.416 e. The molecule has 24 heavy (non-hydrogen) atoms. The molecule has 1 aliphatic heterocycles. The lowest BCUT2D eigenvalue weighted by Crippen LogP contribution is -2.33. The zero-order valence-electron chi connectivity index (χ0n) is 13.6. The van der Waals surface area contributed by atoms with Gasteiger partial charge in [-0.2, -0.15) is 13.2 Å². The number of carbonyl (C=O) groups is 1. The van der Waals surface area contributed by atoms with Crippen LogP contribution in [0.1, 0.15) is 36.8 Å². The Morgan fingerprint density at radius 3 is 2.42 bits per heavy atom. The number of likely N-dealkylation sites (tertiary alicyclic amines) is 1. The van der Waals surface area contributed by atoms with Gasteiger partial charge in [0.25, 0.3) is 0 Å². The van der Waals surface area contributed by atoms with Gasteiger partial charge in [-0.15, -0.1) is 0 Å². The van der Waals surface area contributed by atoms with Crippen LogP contribution in [-0.4, -0.2) is 37.0 Å². The topological polar surface area (TPSA) is 32.3 Å². The number of benzene rings is 1. The summed E-state index contributed by atoms with van der Waals surface area (Å²) in [6, 6.07) is 4.72. The van der Waals surface area contributed by atoms with E-state index in [-0.39, 0.29) is 5.91 Å². The Labute approximate surface area is 140 Å². The van der Waals surface area contributed by atoms with E-state index in [4.69, 9.17) is 0 Å². The predicted molar refractivity (Wildman–Crippen MR) is 88.4 cm³/mol. The standard InChI is InChI=1S/C18H23F3N2O/c19-18(20,21)16-8-5-15(6-9-16)7-10-17(24)22-11-4-14-23-12-2-1-3-13-23/h5-10H,1-4,11-14H2,(H,22,24)/b10-7+. The lowest BCUT2D eigenvalue weighted by atomic mass is 10.1. The molecule has 1 N–H and O–H groups in total. The number of hydrogen-bond acceptors (Lipinski definition) is 2. The maximum absolute atomic E-state index is 12.5. The summed E-state index contributed by atoms with van der Waals surface area (Å²) in [6.45, 7) is 3.87. The largest absolute Gasteiger partial charge is 0.416 e. The van der Waals surface area contributed by atoms with Crippen molar-refractivity contribution in [2.45, 2.75) is 31.9 Å². The minimum Gasteiger partial charge on any atom is -0.353 e. The van der Waals surface area contributed by atoms with Gasteiger partial charge in [-0.3, -0.25) is 4.79 Å². The van der Waals surface area contributed by atoms with Crippen molar-refractivity contribution in [3.8, 4) is 0 Å². The number of amides is 1. The van der Waals surface area contributed by atoms with E-state index in [1.807, 2.05) is 0 Å². The second kappa shape index (κ2) is 8.87. The van der Waals surface area contributed by atoms with E-state index in [1.54, 1.807) is 0 Å². The first-order valence-electron chi connectivity index (χ1n) is 8.31. The Bertz CT molecular complexity index is 546. The second-order valence-corrected chi connectivity index (χ2v) is 6.00. The lowest BCUT2D eigenvalue weighted by Gasteiger charge is -2.26. The van der Waals surface area contributed by atoms with E-state index < -0.39 is 11.7 Å². The fourth-order valence-electron chi connectivity index (χ4n) is 2.71. The summed E-state index contributed by atoms with van der Waals surface area (Å²) in [7, 11) is 0. The summed E-state index contributed by atoms with van der Waals surface area (Å²) in [4.78, 5) is 14.1. The zero-order chi connectivity index (χ0) is 17.4. The van der Waals surface area contributed by atoms with Crippen molar-refractivity contribution in [3.05, 3.63) is 41.5 Å². The molecule has 3 nitrogen and oxygen atoms in total. The first kappa shape index (κ1) is 18.5. The molecule has 0 saturated carbocycles. The number of carbonyl (C=O) groups excluding carboxylic acids is 1. The Morgan fingerprint density at radius 1 is 1.12 bits per heavy atom. The number of hydrogen-bond donors (Lipinski definition) is 1. The monoisotopic (exact) mass is 340 g/mol. The molecule has 0 aliphatic carbocycles. The molecule has 1 aromatic carbocycles. The highest BCUT2D eigenvalue weighted by Crippen LogP contribution is 2.29. The van der Waals surface area contributed by atoms with E-state index in [0.717, 1.165) is 38.2 Å². The van der Waals surface area contributed by atoms with Crippen molar-refractivity contribution in [1.82, 2.24) is 10.2 Å². The van der Waals surface area contributed by atoms with E-state index in [2.05, 4.69) is 10.2 Å². The van der Waals surface area contributed by atoms with Gasteiger partial charge in [-0.05, 0) is 62.7 Å². The summed E-state index contributed by atoms with van der Waals surface area (Å²) < 4.78 is 37.4. The molecule has 0 bridgehead atoms. The fraction of sp³-hybridized carbons (Fsp3) is 0.500. The fourth-order valence-corrected chi connectivity index (χ4v) is 2.71. The molecule has 0 spiro atoms. The van der Waals surface area contributed by atoms with Crippen LogP contribution in [0.4, 0.5) is 13.2 Å². The van der Waals surface area contributed by atoms with Gasteiger partial charge < -0.3 is 10.2 Å². The summed E-state index contributed by atoms with van der Waals surface area (Å²) in [5.41, 5.74) is -0.131. The van der Waals surface area contributed by atoms with Crippen molar-refractivity contribution >= 4 is 12.0 Å². The predicted octanol–water partition coefficient (Wildman–Crippen LogP) is 3.71. The molecule has 0 unspecified atom stereocenters. The molecule has 1 aliphatic rings. The van der Waals surface area contributed by atoms with Crippen molar-refractivity contribution in [1.29, 1.82) is 0 Å². The summed E-state index contributed by atoms with van der Waals surface area (Å²) >= 11 is 0. The Morgan fingerprint density at radius 2 is 1.79 bits per heavy atom. The molecular weight excluding hydrogens is 317 g/mol. The highest BCUT2D eigenvalue weighted by molar-refractivity contribution is 5.91. The van der Waals surface area contributed by atoms with Gasteiger partial charge in [0.15, 0.2) is 0 Å². The van der Waals surface area contributed by atoms with Crippen molar-refractivity contribution in [2.75, 3.05) is 26.2 Å². The molecule has 0 atom stereocenters. The molecule has 1 fully saturated rings. The van der Waals surface area contributed by atoms with Gasteiger partial charge in [-0.25, -0.2) is 0 Å². The number of halogens is 3. The zero-order valence-corrected chi connectivity index (χ0v) is 13.6. The normalized spacial score (nSPS) is 16.5. The molecule has 1 aromatic rings. The van der Waals surface area contributed by atoms with Crippen LogP contribution in [-0.2, 0) is 11.0 Å². The van der Waals surface area contributed by atoms with Gasteiger partial charge >= 0.3 is 6.18 Å². The molecule has 2 rings (SSSR count). The molecule has 1 amide bonds. The van der Waals surface area contributed by atoms with Crippen LogP contribution in [0.15, 0.2) is 30.3 Å². The van der Waals surface area contributed by atoms with E-state index in [9.17, 15) is 18.0 Å². The van der Waals surface area contributed by atoms with E-state index >= 15 is 0 Å². The molecule has 1 heterocycles. The second-order valence-electron chi connectivity index (χ2n) is 6.00. The van der Waals surface area contributed by atoms with Crippen molar-refractivity contribution < 1.29 is 18.0 Å². The van der Waals surface area contributed by atoms with Crippen LogP contribution in [0.5, 0.6) is 0 Å². The SMILES string of the molecule is O=C(/C=C/c1ccc(C(F)(F)F)cc1)NCCCN1CCCCC1. The smallest absolute Gasteiger partial charge is 0.353 e. The molecule has 0 aromatic heterocycles. The molecule has 6 heteroatoms. The summed E-state index contributed by atoms with van der Waals surface area (Å²) in [5.74, 6) is -0.228.